The van der Waals surface area contributed by atoms with E-state index in [0.29, 0.717) is 18.6 Å². The number of carbonyl (C=O) groups is 1. The summed E-state index contributed by atoms with van der Waals surface area (Å²) in [5, 5.41) is 12.4. The summed E-state index contributed by atoms with van der Waals surface area (Å²) in [5.74, 6) is 0.615. The van der Waals surface area contributed by atoms with Crippen LogP contribution in [0, 0.1) is 6.92 Å². The molecule has 1 aromatic carbocycles. The van der Waals surface area contributed by atoms with Crippen LogP contribution >= 0.6 is 12.4 Å². The molecular weight excluding hydrogens is 292 g/mol. The van der Waals surface area contributed by atoms with Crippen molar-refractivity contribution in [3.8, 4) is 5.75 Å². The first kappa shape index (κ1) is 19.7. The molecule has 6 heteroatoms. The molecule has 1 amide bonds. The first-order chi connectivity index (χ1) is 9.47. The van der Waals surface area contributed by atoms with Gasteiger partial charge in [-0.2, -0.15) is 0 Å². The van der Waals surface area contributed by atoms with Crippen LogP contribution in [0.1, 0.15) is 25.3 Å². The molecule has 0 saturated carbocycles. The third kappa shape index (κ3) is 9.28. The lowest BCUT2D eigenvalue weighted by molar-refractivity contribution is -0.121. The Hall–Kier alpha value is -1.30. The molecular formula is C15H25ClN2O3. The zero-order chi connectivity index (χ0) is 15.0. The predicted octanol–water partition coefficient (Wildman–Crippen LogP) is 1.40. The predicted molar refractivity (Wildman–Crippen MR) is 85.8 cm³/mol. The van der Waals surface area contributed by atoms with E-state index in [1.165, 1.54) is 0 Å². The Morgan fingerprint density at radius 3 is 2.81 bits per heavy atom. The number of halogens is 1. The smallest absolute Gasteiger partial charge is 0.220 e. The van der Waals surface area contributed by atoms with Crippen LogP contribution in [0.3, 0.4) is 0 Å². The Labute approximate surface area is 132 Å². The second kappa shape index (κ2) is 10.4. The zero-order valence-corrected chi connectivity index (χ0v) is 13.4. The van der Waals surface area contributed by atoms with Gasteiger partial charge in [0.05, 0.1) is 0 Å². The highest BCUT2D eigenvalue weighted by Crippen LogP contribution is 2.12. The van der Waals surface area contributed by atoms with Crippen molar-refractivity contribution in [2.24, 2.45) is 5.73 Å². The Bertz CT molecular complexity index is 427. The van der Waals surface area contributed by atoms with E-state index in [4.69, 9.17) is 10.5 Å². The van der Waals surface area contributed by atoms with Gasteiger partial charge in [-0.05, 0) is 38.0 Å². The summed E-state index contributed by atoms with van der Waals surface area (Å²) >= 11 is 0. The molecule has 2 atom stereocenters. The van der Waals surface area contributed by atoms with E-state index in [9.17, 15) is 9.90 Å². The molecule has 0 aliphatic carbocycles. The molecule has 0 saturated heterocycles. The summed E-state index contributed by atoms with van der Waals surface area (Å²) < 4.78 is 5.46. The highest BCUT2D eigenvalue weighted by atomic mass is 35.5. The molecule has 0 fully saturated rings. The maximum Gasteiger partial charge on any atom is 0.220 e. The van der Waals surface area contributed by atoms with Gasteiger partial charge in [-0.15, -0.1) is 12.4 Å². The van der Waals surface area contributed by atoms with Gasteiger partial charge >= 0.3 is 0 Å². The van der Waals surface area contributed by atoms with E-state index in [1.807, 2.05) is 38.1 Å². The molecule has 21 heavy (non-hydrogen) atoms. The van der Waals surface area contributed by atoms with Crippen molar-refractivity contribution in [2.75, 3.05) is 13.2 Å². The van der Waals surface area contributed by atoms with Crippen molar-refractivity contribution >= 4 is 18.3 Å². The summed E-state index contributed by atoms with van der Waals surface area (Å²) in [5.41, 5.74) is 6.67. The lowest BCUT2D eigenvalue weighted by atomic mass is 10.2. The quantitative estimate of drug-likeness (QED) is 0.677. The second-order valence-corrected chi connectivity index (χ2v) is 5.10. The van der Waals surface area contributed by atoms with Crippen LogP contribution in [-0.4, -0.2) is 36.3 Å². The molecule has 0 heterocycles. The van der Waals surface area contributed by atoms with Gasteiger partial charge in [-0.25, -0.2) is 0 Å². The number of ether oxygens (including phenoxy) is 1. The summed E-state index contributed by atoms with van der Waals surface area (Å²) in [6, 6.07) is 7.61. The Kier molecular flexibility index (Phi) is 9.78. The first-order valence-corrected chi connectivity index (χ1v) is 6.87. The van der Waals surface area contributed by atoms with E-state index in [2.05, 4.69) is 5.32 Å². The van der Waals surface area contributed by atoms with Gasteiger partial charge < -0.3 is 20.9 Å². The molecule has 0 radical (unpaired) electrons. The number of carbonyl (C=O) groups excluding carboxylic acids is 1. The molecule has 1 rings (SSSR count). The Balaban J connectivity index is 0.00000400. The van der Waals surface area contributed by atoms with Crippen LogP contribution in [0.4, 0.5) is 0 Å². The van der Waals surface area contributed by atoms with Gasteiger partial charge in [-0.3, -0.25) is 4.79 Å². The number of aliphatic hydroxyl groups is 1. The van der Waals surface area contributed by atoms with E-state index >= 15 is 0 Å². The monoisotopic (exact) mass is 316 g/mol. The van der Waals surface area contributed by atoms with Crippen LogP contribution in [0.5, 0.6) is 5.75 Å². The summed E-state index contributed by atoms with van der Waals surface area (Å²) in [4.78, 5) is 11.5. The van der Waals surface area contributed by atoms with E-state index in [1.54, 1.807) is 0 Å². The Morgan fingerprint density at radius 2 is 2.19 bits per heavy atom. The summed E-state index contributed by atoms with van der Waals surface area (Å²) in [6.07, 6.45) is 0.292. The molecule has 0 aliphatic heterocycles. The van der Waals surface area contributed by atoms with Crippen LogP contribution in [0.15, 0.2) is 24.3 Å². The highest BCUT2D eigenvalue weighted by molar-refractivity contribution is 5.85. The van der Waals surface area contributed by atoms with Crippen LogP contribution in [0.25, 0.3) is 0 Å². The van der Waals surface area contributed by atoms with Crippen LogP contribution < -0.4 is 15.8 Å². The fourth-order valence-electron chi connectivity index (χ4n) is 1.64. The van der Waals surface area contributed by atoms with Gasteiger partial charge in [0.2, 0.25) is 5.91 Å². The van der Waals surface area contributed by atoms with E-state index in [0.717, 1.165) is 5.56 Å². The minimum atomic E-state index is -0.727. The minimum absolute atomic E-state index is 0. The van der Waals surface area contributed by atoms with E-state index in [-0.39, 0.29) is 37.5 Å². The first-order valence-electron chi connectivity index (χ1n) is 6.87. The molecule has 4 N–H and O–H groups in total. The fourth-order valence-corrected chi connectivity index (χ4v) is 1.64. The van der Waals surface area contributed by atoms with Crippen molar-refractivity contribution in [2.45, 2.75) is 38.8 Å². The minimum Gasteiger partial charge on any atom is -0.491 e. The second-order valence-electron chi connectivity index (χ2n) is 5.10. The summed E-state index contributed by atoms with van der Waals surface area (Å²) in [6.45, 7) is 4.17. The number of hydrogen-bond acceptors (Lipinski definition) is 4. The van der Waals surface area contributed by atoms with Crippen molar-refractivity contribution in [3.63, 3.8) is 0 Å². The number of rotatable bonds is 8. The number of aryl methyl sites for hydroxylation is 1. The fraction of sp³-hybridized carbons (Fsp3) is 0.533. The standard InChI is InChI=1S/C15H24N2O3.ClH/c1-11-4-3-5-14(8-11)20-10-13(18)9-17-15(19)7-6-12(2)16;/h3-5,8,12-13,18H,6-7,9-10,16H2,1-2H3,(H,17,19);1H. The van der Waals surface area contributed by atoms with Gasteiger partial charge in [0.15, 0.2) is 0 Å². The van der Waals surface area contributed by atoms with Gasteiger partial charge in [-0.1, -0.05) is 12.1 Å². The maximum absolute atomic E-state index is 11.5. The topological polar surface area (TPSA) is 84.6 Å². The third-order valence-corrected chi connectivity index (χ3v) is 2.79. The average molecular weight is 317 g/mol. The third-order valence-electron chi connectivity index (χ3n) is 2.79. The molecule has 0 bridgehead atoms. The molecule has 120 valence electrons. The molecule has 5 nitrogen and oxygen atoms in total. The molecule has 1 aromatic rings. The van der Waals surface area contributed by atoms with Gasteiger partial charge in [0, 0.05) is 19.0 Å². The van der Waals surface area contributed by atoms with Gasteiger partial charge in [0.1, 0.15) is 18.5 Å². The number of nitrogens with two attached hydrogens (primary N) is 1. The maximum atomic E-state index is 11.5. The number of hydrogen-bond donors (Lipinski definition) is 3. The average Bonchev–Trinajstić information content (AvgIpc) is 2.40. The van der Waals surface area contributed by atoms with Crippen molar-refractivity contribution in [1.29, 1.82) is 0 Å². The lowest BCUT2D eigenvalue weighted by Crippen LogP contribution is -2.35. The van der Waals surface area contributed by atoms with Crippen molar-refractivity contribution < 1.29 is 14.6 Å². The molecule has 0 aliphatic rings. The van der Waals surface area contributed by atoms with Gasteiger partial charge in [0.25, 0.3) is 0 Å². The van der Waals surface area contributed by atoms with E-state index < -0.39 is 6.10 Å². The summed E-state index contributed by atoms with van der Waals surface area (Å²) in [7, 11) is 0. The molecule has 2 unspecified atom stereocenters. The molecule has 0 spiro atoms. The number of benzene rings is 1. The SMILES string of the molecule is Cc1cccc(OCC(O)CNC(=O)CCC(C)N)c1.Cl. The van der Waals surface area contributed by atoms with Crippen LogP contribution in [0.2, 0.25) is 0 Å². The van der Waals surface area contributed by atoms with Crippen molar-refractivity contribution in [1.82, 2.24) is 5.32 Å². The molecule has 0 aromatic heterocycles. The van der Waals surface area contributed by atoms with Crippen molar-refractivity contribution in [3.05, 3.63) is 29.8 Å². The van der Waals surface area contributed by atoms with Crippen LogP contribution in [-0.2, 0) is 4.79 Å². The lowest BCUT2D eigenvalue weighted by Gasteiger charge is -2.14. The Morgan fingerprint density at radius 1 is 1.48 bits per heavy atom. The normalized spacial score (nSPS) is 13.0. The number of amides is 1. The largest absolute Gasteiger partial charge is 0.491 e. The number of nitrogens with one attached hydrogen (secondary N) is 1. The zero-order valence-electron chi connectivity index (χ0n) is 12.5. The highest BCUT2D eigenvalue weighted by Gasteiger charge is 2.08. The number of aliphatic hydroxyl groups excluding tert-OH is 1.